The van der Waals surface area contributed by atoms with Crippen LogP contribution in [0.2, 0.25) is 0 Å². The number of carbonyl (C=O) groups excluding carboxylic acids is 2. The molecule has 3 atom stereocenters. The van der Waals surface area contributed by atoms with Crippen LogP contribution in [0, 0.1) is 17.8 Å². The van der Waals surface area contributed by atoms with Crippen molar-refractivity contribution in [2.24, 2.45) is 17.8 Å². The van der Waals surface area contributed by atoms with Gasteiger partial charge >= 0.3 is 0 Å². The van der Waals surface area contributed by atoms with E-state index in [0.29, 0.717) is 21.6 Å². The Morgan fingerprint density at radius 1 is 0.933 bits per heavy atom. The summed E-state index contributed by atoms with van der Waals surface area (Å²) in [6.45, 7) is 0. The van der Waals surface area contributed by atoms with E-state index >= 15 is 0 Å². The first kappa shape index (κ1) is 20.1. The quantitative estimate of drug-likeness (QED) is 0.657. The maximum Gasteiger partial charge on any atom is 0.291 e. The molecular weight excluding hydrogens is 416 g/mol. The number of amides is 2. The van der Waals surface area contributed by atoms with Gasteiger partial charge in [0.25, 0.3) is 5.91 Å². The molecule has 2 aliphatic carbocycles. The molecule has 1 aromatic carbocycles. The molecule has 5 rings (SSSR count). The lowest BCUT2D eigenvalue weighted by Gasteiger charge is -2.52. The number of anilines is 2. The standard InChI is InChI=1S/C23H26N2O3S2/c26-21(15-13-16-3-1-4-17(14-15)23(16)29-11-12-30-23)24-18-6-8-19(9-7-18)25-22(27)20-5-2-10-28-20/h2,5-10,15-17H,1,3-4,11-14H2,(H,24,26)(H,25,27)/t15?,16-,17+. The molecule has 3 fully saturated rings. The summed E-state index contributed by atoms with van der Waals surface area (Å²) in [5, 5.41) is 5.90. The smallest absolute Gasteiger partial charge is 0.291 e. The molecule has 2 amide bonds. The van der Waals surface area contributed by atoms with E-state index in [1.807, 2.05) is 12.1 Å². The number of hydrogen-bond acceptors (Lipinski definition) is 5. The molecule has 1 aliphatic heterocycles. The first-order chi connectivity index (χ1) is 14.6. The van der Waals surface area contributed by atoms with E-state index in [4.69, 9.17) is 4.42 Å². The topological polar surface area (TPSA) is 71.3 Å². The minimum atomic E-state index is -0.290. The number of hydrogen-bond donors (Lipinski definition) is 2. The fourth-order valence-electron chi connectivity index (χ4n) is 5.30. The Balaban J connectivity index is 1.20. The van der Waals surface area contributed by atoms with Crippen LogP contribution in [-0.4, -0.2) is 27.4 Å². The summed E-state index contributed by atoms with van der Waals surface area (Å²) < 4.78 is 5.50. The average Bonchev–Trinajstić information content (AvgIpc) is 3.42. The summed E-state index contributed by atoms with van der Waals surface area (Å²) in [4.78, 5) is 25.1. The van der Waals surface area contributed by atoms with Crippen molar-refractivity contribution in [1.29, 1.82) is 0 Å². The van der Waals surface area contributed by atoms with Crippen LogP contribution < -0.4 is 10.6 Å². The van der Waals surface area contributed by atoms with Gasteiger partial charge in [-0.15, -0.1) is 23.5 Å². The van der Waals surface area contributed by atoms with Crippen LogP contribution in [0.15, 0.2) is 47.1 Å². The van der Waals surface area contributed by atoms with E-state index in [-0.39, 0.29) is 23.5 Å². The summed E-state index contributed by atoms with van der Waals surface area (Å²) >= 11 is 4.34. The van der Waals surface area contributed by atoms with Crippen LogP contribution in [-0.2, 0) is 4.79 Å². The lowest BCUT2D eigenvalue weighted by atomic mass is 9.67. The van der Waals surface area contributed by atoms with Crippen molar-refractivity contribution in [2.75, 3.05) is 22.1 Å². The fraction of sp³-hybridized carbons (Fsp3) is 0.478. The number of furan rings is 1. The molecular formula is C23H26N2O3S2. The molecule has 0 radical (unpaired) electrons. The lowest BCUT2D eigenvalue weighted by Crippen LogP contribution is -2.48. The highest BCUT2D eigenvalue weighted by atomic mass is 32.2. The zero-order valence-electron chi connectivity index (χ0n) is 16.8. The Morgan fingerprint density at radius 3 is 2.17 bits per heavy atom. The Hall–Kier alpha value is -1.86. The van der Waals surface area contributed by atoms with Crippen molar-refractivity contribution in [3.63, 3.8) is 0 Å². The third-order valence-electron chi connectivity index (χ3n) is 6.65. The van der Waals surface area contributed by atoms with E-state index in [2.05, 4.69) is 34.2 Å². The normalized spacial score (nSPS) is 27.0. The third kappa shape index (κ3) is 3.78. The minimum Gasteiger partial charge on any atom is -0.459 e. The molecule has 7 heteroatoms. The van der Waals surface area contributed by atoms with Gasteiger partial charge in [0, 0.05) is 28.8 Å². The van der Waals surface area contributed by atoms with Crippen LogP contribution in [0.3, 0.4) is 0 Å². The predicted octanol–water partition coefficient (Wildman–Crippen LogP) is 5.47. The Labute approximate surface area is 185 Å². The second-order valence-electron chi connectivity index (χ2n) is 8.41. The number of nitrogens with one attached hydrogen (secondary N) is 2. The first-order valence-corrected chi connectivity index (χ1v) is 12.6. The molecule has 1 unspecified atom stereocenters. The van der Waals surface area contributed by atoms with Crippen LogP contribution in [0.25, 0.3) is 0 Å². The highest BCUT2D eigenvalue weighted by Gasteiger charge is 2.55. The van der Waals surface area contributed by atoms with Crippen molar-refractivity contribution in [3.05, 3.63) is 48.4 Å². The second-order valence-corrected chi connectivity index (χ2v) is 11.4. The molecule has 3 aliphatic rings. The van der Waals surface area contributed by atoms with Gasteiger partial charge in [-0.1, -0.05) is 6.42 Å². The van der Waals surface area contributed by atoms with E-state index in [1.165, 1.54) is 37.0 Å². The van der Waals surface area contributed by atoms with Gasteiger partial charge in [0.05, 0.1) is 10.3 Å². The summed E-state index contributed by atoms with van der Waals surface area (Å²) in [5.74, 6) is 4.08. The molecule has 158 valence electrons. The van der Waals surface area contributed by atoms with Gasteiger partial charge in [0.1, 0.15) is 0 Å². The Kier molecular flexibility index (Phi) is 5.58. The van der Waals surface area contributed by atoms with Crippen molar-refractivity contribution in [1.82, 2.24) is 0 Å². The largest absolute Gasteiger partial charge is 0.459 e. The molecule has 2 aromatic rings. The highest BCUT2D eigenvalue weighted by molar-refractivity contribution is 8.21. The van der Waals surface area contributed by atoms with Gasteiger partial charge in [-0.05, 0) is 73.9 Å². The van der Waals surface area contributed by atoms with Gasteiger partial charge < -0.3 is 15.1 Å². The summed E-state index contributed by atoms with van der Waals surface area (Å²) in [5.41, 5.74) is 1.44. The van der Waals surface area contributed by atoms with Gasteiger partial charge in [-0.2, -0.15) is 0 Å². The van der Waals surface area contributed by atoms with E-state index < -0.39 is 0 Å². The molecule has 2 saturated carbocycles. The van der Waals surface area contributed by atoms with Crippen LogP contribution in [0.4, 0.5) is 11.4 Å². The number of carbonyl (C=O) groups is 2. The minimum absolute atomic E-state index is 0.103. The Bertz CT molecular complexity index is 891. The van der Waals surface area contributed by atoms with E-state index in [1.54, 1.807) is 24.3 Å². The lowest BCUT2D eigenvalue weighted by molar-refractivity contribution is -0.122. The Morgan fingerprint density at radius 2 is 1.57 bits per heavy atom. The highest BCUT2D eigenvalue weighted by Crippen LogP contribution is 2.64. The third-order valence-corrected chi connectivity index (χ3v) is 10.7. The fourth-order valence-corrected chi connectivity index (χ4v) is 9.24. The first-order valence-electron chi connectivity index (χ1n) is 10.7. The van der Waals surface area contributed by atoms with E-state index in [0.717, 1.165) is 18.5 Å². The van der Waals surface area contributed by atoms with Crippen LogP contribution >= 0.6 is 23.5 Å². The monoisotopic (exact) mass is 442 g/mol. The van der Waals surface area contributed by atoms with Gasteiger partial charge in [-0.25, -0.2) is 0 Å². The SMILES string of the molecule is O=C(Nc1ccc(NC(=O)C2C[C@H]3CCC[C@@H](C2)C32SCCS2)cc1)c1ccco1. The molecule has 5 nitrogen and oxygen atoms in total. The van der Waals surface area contributed by atoms with Crippen molar-refractivity contribution < 1.29 is 14.0 Å². The van der Waals surface area contributed by atoms with Gasteiger partial charge in [-0.3, -0.25) is 9.59 Å². The molecule has 1 spiro atoms. The van der Waals surface area contributed by atoms with Gasteiger partial charge in [0.2, 0.25) is 5.91 Å². The average molecular weight is 443 g/mol. The van der Waals surface area contributed by atoms with E-state index in [9.17, 15) is 9.59 Å². The zero-order chi connectivity index (χ0) is 20.6. The predicted molar refractivity (Wildman–Crippen MR) is 123 cm³/mol. The number of rotatable bonds is 4. The maximum atomic E-state index is 13.0. The summed E-state index contributed by atoms with van der Waals surface area (Å²) in [6.07, 6.45) is 7.35. The maximum absolute atomic E-state index is 13.0. The van der Waals surface area contributed by atoms with Crippen LogP contribution in [0.5, 0.6) is 0 Å². The summed E-state index contributed by atoms with van der Waals surface area (Å²) in [6, 6.07) is 10.6. The molecule has 1 saturated heterocycles. The van der Waals surface area contributed by atoms with Gasteiger partial charge in [0.15, 0.2) is 5.76 Å². The van der Waals surface area contributed by atoms with Crippen molar-refractivity contribution >= 4 is 46.7 Å². The summed E-state index contributed by atoms with van der Waals surface area (Å²) in [7, 11) is 0. The van der Waals surface area contributed by atoms with Crippen molar-refractivity contribution in [3.8, 4) is 0 Å². The number of thioether (sulfide) groups is 2. The molecule has 2 N–H and O–H groups in total. The van der Waals surface area contributed by atoms with Crippen molar-refractivity contribution in [2.45, 2.75) is 36.2 Å². The zero-order valence-corrected chi connectivity index (χ0v) is 18.4. The van der Waals surface area contributed by atoms with Crippen LogP contribution in [0.1, 0.15) is 42.7 Å². The molecule has 1 aromatic heterocycles. The molecule has 2 bridgehead atoms. The second kappa shape index (κ2) is 8.35. The molecule has 2 heterocycles. The molecule has 30 heavy (non-hydrogen) atoms. The number of benzene rings is 1.